The molecule has 0 spiro atoms. The quantitative estimate of drug-likeness (QED) is 0.534. The number of carbonyl (C=O) groups is 1. The zero-order valence-corrected chi connectivity index (χ0v) is 19.1. The highest BCUT2D eigenvalue weighted by atomic mass is 32.2. The van der Waals surface area contributed by atoms with Crippen molar-refractivity contribution < 1.29 is 22.7 Å². The van der Waals surface area contributed by atoms with Crippen LogP contribution in [0.25, 0.3) is 0 Å². The first kappa shape index (κ1) is 22.8. The van der Waals surface area contributed by atoms with Crippen LogP contribution in [0.15, 0.2) is 83.8 Å². The lowest BCUT2D eigenvalue weighted by atomic mass is 10.2. The lowest BCUT2D eigenvalue weighted by Crippen LogP contribution is -2.26. The highest BCUT2D eigenvalue weighted by Crippen LogP contribution is 2.24. The topological polar surface area (TPSA) is 84.9 Å². The van der Waals surface area contributed by atoms with E-state index in [1.54, 1.807) is 60.7 Å². The minimum absolute atomic E-state index is 0.0875. The fourth-order valence-electron chi connectivity index (χ4n) is 3.54. The molecule has 1 saturated heterocycles. The van der Waals surface area contributed by atoms with Gasteiger partial charge in [0, 0.05) is 24.9 Å². The Morgan fingerprint density at radius 1 is 1.06 bits per heavy atom. The summed E-state index contributed by atoms with van der Waals surface area (Å²) in [6, 6.07) is 21.8. The Kier molecular flexibility index (Phi) is 6.96. The van der Waals surface area contributed by atoms with E-state index in [0.717, 1.165) is 19.4 Å². The summed E-state index contributed by atoms with van der Waals surface area (Å²) in [6.07, 6.45) is 2.17. The molecule has 1 atom stereocenters. The van der Waals surface area contributed by atoms with Crippen molar-refractivity contribution in [3.8, 4) is 5.75 Å². The molecule has 7 nitrogen and oxygen atoms in total. The van der Waals surface area contributed by atoms with Crippen molar-refractivity contribution >= 4 is 27.3 Å². The molecular weight excluding hydrogens is 440 g/mol. The van der Waals surface area contributed by atoms with Crippen LogP contribution in [0.1, 0.15) is 23.2 Å². The van der Waals surface area contributed by atoms with Gasteiger partial charge in [-0.05, 0) is 67.4 Å². The summed E-state index contributed by atoms with van der Waals surface area (Å²) in [6.45, 7) is 1.27. The number of nitrogens with one attached hydrogen (secondary N) is 1. The maximum atomic E-state index is 13.0. The number of para-hydroxylation sites is 1. The van der Waals surface area contributed by atoms with Crippen molar-refractivity contribution in [2.24, 2.45) is 0 Å². The summed E-state index contributed by atoms with van der Waals surface area (Å²) in [5.74, 6) is 0.325. The van der Waals surface area contributed by atoms with Gasteiger partial charge in [-0.25, -0.2) is 8.42 Å². The predicted octanol–water partition coefficient (Wildman–Crippen LogP) is 4.32. The minimum atomic E-state index is -3.78. The molecule has 0 bridgehead atoms. The van der Waals surface area contributed by atoms with Gasteiger partial charge >= 0.3 is 0 Å². The molecule has 0 radical (unpaired) electrons. The number of carbonyl (C=O) groups excluding carboxylic acids is 1. The summed E-state index contributed by atoms with van der Waals surface area (Å²) in [7, 11) is -2.28. The van der Waals surface area contributed by atoms with Gasteiger partial charge in [-0.1, -0.05) is 24.3 Å². The fraction of sp³-hybridized carbons (Fsp3) is 0.240. The van der Waals surface area contributed by atoms with E-state index < -0.39 is 10.0 Å². The van der Waals surface area contributed by atoms with Crippen molar-refractivity contribution in [3.63, 3.8) is 0 Å². The highest BCUT2D eigenvalue weighted by Gasteiger charge is 2.22. The number of anilines is 2. The van der Waals surface area contributed by atoms with Crippen LogP contribution < -0.4 is 14.4 Å². The zero-order valence-electron chi connectivity index (χ0n) is 18.3. The number of ether oxygens (including phenoxy) is 2. The van der Waals surface area contributed by atoms with Crippen LogP contribution in [0, 0.1) is 0 Å². The highest BCUT2D eigenvalue weighted by molar-refractivity contribution is 7.92. The summed E-state index contributed by atoms with van der Waals surface area (Å²) < 4.78 is 38.5. The molecule has 33 heavy (non-hydrogen) atoms. The van der Waals surface area contributed by atoms with Crippen molar-refractivity contribution in [2.75, 3.05) is 29.9 Å². The summed E-state index contributed by atoms with van der Waals surface area (Å²) in [4.78, 5) is 12.8. The van der Waals surface area contributed by atoms with Crippen LogP contribution in [0.3, 0.4) is 0 Å². The first-order chi connectivity index (χ1) is 15.9. The largest absolute Gasteiger partial charge is 0.491 e. The fourth-order valence-corrected chi connectivity index (χ4v) is 4.78. The third kappa shape index (κ3) is 5.53. The van der Waals surface area contributed by atoms with Crippen LogP contribution in [0.5, 0.6) is 5.75 Å². The lowest BCUT2D eigenvalue weighted by Gasteiger charge is -2.20. The van der Waals surface area contributed by atoms with Crippen molar-refractivity contribution in [3.05, 3.63) is 84.4 Å². The van der Waals surface area contributed by atoms with E-state index in [4.69, 9.17) is 9.47 Å². The van der Waals surface area contributed by atoms with Crippen molar-refractivity contribution in [1.29, 1.82) is 0 Å². The van der Waals surface area contributed by atoms with Gasteiger partial charge in [-0.2, -0.15) is 0 Å². The van der Waals surface area contributed by atoms with Crippen molar-refractivity contribution in [1.82, 2.24) is 0 Å². The van der Waals surface area contributed by atoms with Crippen LogP contribution in [-0.2, 0) is 14.8 Å². The van der Waals surface area contributed by atoms with Gasteiger partial charge in [0.2, 0.25) is 0 Å². The maximum absolute atomic E-state index is 13.0. The molecule has 1 fully saturated rings. The standard InChI is InChI=1S/C25H26N2O5S/c1-27(21-8-3-2-4-9-21)33(29,30)24-11-5-7-20(17-24)26-25(28)19-12-14-22(15-13-19)32-18-23-10-6-16-31-23/h2-5,7-9,11-15,17,23H,6,10,16,18H2,1H3,(H,26,28). The average Bonchev–Trinajstić information content (AvgIpc) is 3.37. The Balaban J connectivity index is 1.42. The molecule has 1 N–H and O–H groups in total. The Bertz CT molecular complexity index is 1190. The molecule has 1 aliphatic rings. The molecule has 1 unspecified atom stereocenters. The first-order valence-electron chi connectivity index (χ1n) is 10.7. The zero-order chi connectivity index (χ0) is 23.3. The van der Waals surface area contributed by atoms with E-state index in [1.165, 1.54) is 23.5 Å². The molecule has 4 rings (SSSR count). The predicted molar refractivity (Wildman–Crippen MR) is 127 cm³/mol. The number of benzene rings is 3. The molecule has 3 aromatic carbocycles. The first-order valence-corrected chi connectivity index (χ1v) is 12.2. The molecule has 1 heterocycles. The number of amides is 1. The number of hydrogen-bond donors (Lipinski definition) is 1. The van der Waals surface area contributed by atoms with Gasteiger partial charge in [-0.15, -0.1) is 0 Å². The van der Waals surface area contributed by atoms with Gasteiger partial charge in [0.1, 0.15) is 12.4 Å². The van der Waals surface area contributed by atoms with E-state index in [2.05, 4.69) is 5.32 Å². The average molecular weight is 467 g/mol. The minimum Gasteiger partial charge on any atom is -0.491 e. The third-order valence-electron chi connectivity index (χ3n) is 5.45. The van der Waals surface area contributed by atoms with Crippen LogP contribution in [0.4, 0.5) is 11.4 Å². The summed E-state index contributed by atoms with van der Waals surface area (Å²) in [5, 5.41) is 2.76. The van der Waals surface area contributed by atoms with Gasteiger partial charge in [0.25, 0.3) is 15.9 Å². The Hall–Kier alpha value is -3.36. The second-order valence-corrected chi connectivity index (χ2v) is 9.73. The van der Waals surface area contributed by atoms with Gasteiger partial charge < -0.3 is 14.8 Å². The second kappa shape index (κ2) is 10.1. The number of rotatable bonds is 8. The molecule has 1 amide bonds. The van der Waals surface area contributed by atoms with Crippen LogP contribution in [0.2, 0.25) is 0 Å². The summed E-state index contributed by atoms with van der Waals surface area (Å²) >= 11 is 0. The van der Waals surface area contributed by atoms with Gasteiger partial charge in [0.05, 0.1) is 16.7 Å². The molecule has 172 valence electrons. The molecule has 0 aliphatic carbocycles. The lowest BCUT2D eigenvalue weighted by molar-refractivity contribution is 0.0679. The number of nitrogens with zero attached hydrogens (tertiary/aromatic N) is 1. The van der Waals surface area contributed by atoms with E-state index in [1.807, 2.05) is 6.07 Å². The Morgan fingerprint density at radius 2 is 1.82 bits per heavy atom. The summed E-state index contributed by atoms with van der Waals surface area (Å²) in [5.41, 5.74) is 1.38. The van der Waals surface area contributed by atoms with E-state index in [9.17, 15) is 13.2 Å². The Labute approximate surface area is 194 Å². The van der Waals surface area contributed by atoms with E-state index in [-0.39, 0.29) is 16.9 Å². The third-order valence-corrected chi connectivity index (χ3v) is 7.23. The smallest absolute Gasteiger partial charge is 0.264 e. The van der Waals surface area contributed by atoms with E-state index >= 15 is 0 Å². The van der Waals surface area contributed by atoms with Crippen molar-refractivity contribution in [2.45, 2.75) is 23.8 Å². The molecule has 1 aliphatic heterocycles. The SMILES string of the molecule is CN(c1ccccc1)S(=O)(=O)c1cccc(NC(=O)c2ccc(OCC3CCCO3)cc2)c1. The van der Waals surface area contributed by atoms with Crippen LogP contribution >= 0.6 is 0 Å². The number of hydrogen-bond acceptors (Lipinski definition) is 5. The van der Waals surface area contributed by atoms with E-state index in [0.29, 0.717) is 29.3 Å². The normalized spacial score (nSPS) is 15.7. The molecule has 8 heteroatoms. The molecular formula is C25H26N2O5S. The van der Waals surface area contributed by atoms with Gasteiger partial charge in [-0.3, -0.25) is 9.10 Å². The van der Waals surface area contributed by atoms with Gasteiger partial charge in [0.15, 0.2) is 0 Å². The molecule has 0 saturated carbocycles. The molecule has 3 aromatic rings. The van der Waals surface area contributed by atoms with Crippen LogP contribution in [-0.4, -0.2) is 40.7 Å². The maximum Gasteiger partial charge on any atom is 0.264 e. The monoisotopic (exact) mass is 466 g/mol. The molecule has 0 aromatic heterocycles. The number of sulfonamides is 1. The Morgan fingerprint density at radius 3 is 2.52 bits per heavy atom. The second-order valence-electron chi connectivity index (χ2n) is 7.76.